The molecule has 0 aliphatic heterocycles. The lowest BCUT2D eigenvalue weighted by atomic mass is 10.1. The molecule has 1 rings (SSSR count). The third kappa shape index (κ3) is 3.67. The van der Waals surface area contributed by atoms with Gasteiger partial charge in [0.15, 0.2) is 8.32 Å². The van der Waals surface area contributed by atoms with Gasteiger partial charge < -0.3 is 9.53 Å². The van der Waals surface area contributed by atoms with Gasteiger partial charge in [0.25, 0.3) is 0 Å². The Kier molecular flexibility index (Phi) is 4.76. The molecule has 2 nitrogen and oxygen atoms in total. The number of hydrogen-bond acceptors (Lipinski definition) is 2. The maximum Gasteiger partial charge on any atom is 0.193 e. The Balaban J connectivity index is 2.89. The van der Waals surface area contributed by atoms with Crippen LogP contribution in [-0.4, -0.2) is 20.0 Å². The van der Waals surface area contributed by atoms with Gasteiger partial charge in [0.2, 0.25) is 0 Å². The van der Waals surface area contributed by atoms with E-state index in [4.69, 9.17) is 4.43 Å². The van der Waals surface area contributed by atoms with Crippen LogP contribution in [0.15, 0.2) is 24.3 Å². The van der Waals surface area contributed by atoms with Gasteiger partial charge in [-0.05, 0) is 30.6 Å². The van der Waals surface area contributed by atoms with Crippen LogP contribution in [0, 0.1) is 6.92 Å². The molecule has 18 heavy (non-hydrogen) atoms. The molecule has 1 atom stereocenters. The predicted octanol–water partition coefficient (Wildman–Crippen LogP) is 4.05. The normalized spacial score (nSPS) is 14.6. The molecule has 0 saturated carbocycles. The first kappa shape index (κ1) is 15.4. The van der Waals surface area contributed by atoms with Crippen molar-refractivity contribution in [3.63, 3.8) is 0 Å². The summed E-state index contributed by atoms with van der Waals surface area (Å²) >= 11 is 0. The molecular weight excluding hydrogens is 240 g/mol. The minimum Gasteiger partial charge on any atom is -0.408 e. The van der Waals surface area contributed by atoms with E-state index in [0.29, 0.717) is 0 Å². The highest BCUT2D eigenvalue weighted by atomic mass is 28.4. The van der Waals surface area contributed by atoms with Crippen LogP contribution in [0.2, 0.25) is 18.1 Å². The second kappa shape index (κ2) is 5.55. The van der Waals surface area contributed by atoms with E-state index in [2.05, 4.69) is 52.9 Å². The van der Waals surface area contributed by atoms with E-state index in [9.17, 15) is 5.11 Å². The Hall–Kier alpha value is -0.643. The number of aliphatic hydroxyl groups excluding tert-OH is 1. The summed E-state index contributed by atoms with van der Waals surface area (Å²) in [6.07, 6.45) is -0.202. The average Bonchev–Trinajstić information content (AvgIpc) is 2.25. The molecule has 102 valence electrons. The first-order chi connectivity index (χ1) is 8.17. The molecule has 1 aromatic carbocycles. The fraction of sp³-hybridized carbons (Fsp3) is 0.600. The SMILES string of the molecule is Cc1ccc(C(CO)O[Si](C)(C)C(C)(C)C)cc1. The average molecular weight is 266 g/mol. The van der Waals surface area contributed by atoms with Crippen molar-refractivity contribution in [2.45, 2.75) is 51.9 Å². The molecule has 0 radical (unpaired) electrons. The fourth-order valence-corrected chi connectivity index (χ4v) is 2.80. The lowest BCUT2D eigenvalue weighted by molar-refractivity contribution is 0.103. The van der Waals surface area contributed by atoms with Crippen molar-refractivity contribution in [2.24, 2.45) is 0 Å². The third-order valence-electron chi connectivity index (χ3n) is 3.86. The summed E-state index contributed by atoms with van der Waals surface area (Å²) in [4.78, 5) is 0. The number of aryl methyl sites for hydroxylation is 1. The Labute approximate surface area is 112 Å². The number of rotatable bonds is 4. The van der Waals surface area contributed by atoms with E-state index in [-0.39, 0.29) is 17.7 Å². The molecular formula is C15H26O2Si. The molecule has 0 fully saturated rings. The summed E-state index contributed by atoms with van der Waals surface area (Å²) in [5.41, 5.74) is 2.29. The highest BCUT2D eigenvalue weighted by Crippen LogP contribution is 2.39. The minimum absolute atomic E-state index is 0.0373. The van der Waals surface area contributed by atoms with Gasteiger partial charge in [-0.15, -0.1) is 0 Å². The fourth-order valence-electron chi connectivity index (χ4n) is 1.52. The molecule has 0 amide bonds. The molecule has 0 aliphatic carbocycles. The highest BCUT2D eigenvalue weighted by molar-refractivity contribution is 6.74. The van der Waals surface area contributed by atoms with Gasteiger partial charge in [0.1, 0.15) is 0 Å². The van der Waals surface area contributed by atoms with Crippen molar-refractivity contribution in [2.75, 3.05) is 6.61 Å². The van der Waals surface area contributed by atoms with Gasteiger partial charge >= 0.3 is 0 Å². The molecule has 0 bridgehead atoms. The molecule has 0 spiro atoms. The van der Waals surface area contributed by atoms with Crippen LogP contribution >= 0.6 is 0 Å². The van der Waals surface area contributed by atoms with Gasteiger partial charge in [0.05, 0.1) is 12.7 Å². The van der Waals surface area contributed by atoms with Gasteiger partial charge in [-0.25, -0.2) is 0 Å². The second-order valence-corrected chi connectivity index (χ2v) is 11.2. The molecule has 1 N–H and O–H groups in total. The quantitative estimate of drug-likeness (QED) is 0.833. The van der Waals surface area contributed by atoms with Gasteiger partial charge in [0, 0.05) is 0 Å². The maximum absolute atomic E-state index is 9.58. The number of aliphatic hydroxyl groups is 1. The van der Waals surface area contributed by atoms with E-state index in [1.807, 2.05) is 12.1 Å². The standard InChI is InChI=1S/C15H26O2Si/c1-12-7-9-13(10-8-12)14(11-16)17-18(5,6)15(2,3)4/h7-10,14,16H,11H2,1-6H3. The summed E-state index contributed by atoms with van der Waals surface area (Å²) in [5.74, 6) is 0. The zero-order valence-corrected chi connectivity index (χ0v) is 13.4. The Bertz CT molecular complexity index is 376. The van der Waals surface area contributed by atoms with Crippen LogP contribution in [0.25, 0.3) is 0 Å². The predicted molar refractivity (Wildman–Crippen MR) is 79.3 cm³/mol. The Morgan fingerprint density at radius 1 is 1.17 bits per heavy atom. The summed E-state index contributed by atoms with van der Waals surface area (Å²) < 4.78 is 6.27. The van der Waals surface area contributed by atoms with Crippen molar-refractivity contribution < 1.29 is 9.53 Å². The van der Waals surface area contributed by atoms with Gasteiger partial charge in [-0.2, -0.15) is 0 Å². The monoisotopic (exact) mass is 266 g/mol. The maximum atomic E-state index is 9.58. The van der Waals surface area contributed by atoms with E-state index < -0.39 is 8.32 Å². The van der Waals surface area contributed by atoms with Crippen molar-refractivity contribution in [1.82, 2.24) is 0 Å². The zero-order valence-electron chi connectivity index (χ0n) is 12.4. The third-order valence-corrected chi connectivity index (χ3v) is 8.34. The van der Waals surface area contributed by atoms with Gasteiger partial charge in [-0.3, -0.25) is 0 Å². The molecule has 0 aliphatic rings. The highest BCUT2D eigenvalue weighted by Gasteiger charge is 2.39. The first-order valence-corrected chi connectivity index (χ1v) is 9.43. The molecule has 0 saturated heterocycles. The first-order valence-electron chi connectivity index (χ1n) is 6.52. The number of benzene rings is 1. The molecule has 3 heteroatoms. The summed E-state index contributed by atoms with van der Waals surface area (Å²) in [7, 11) is -1.85. The van der Waals surface area contributed by atoms with Crippen LogP contribution < -0.4 is 0 Å². The Morgan fingerprint density at radius 2 is 1.67 bits per heavy atom. The van der Waals surface area contributed by atoms with Crippen molar-refractivity contribution in [3.8, 4) is 0 Å². The van der Waals surface area contributed by atoms with Crippen molar-refractivity contribution in [1.29, 1.82) is 0 Å². The topological polar surface area (TPSA) is 29.5 Å². The lowest BCUT2D eigenvalue weighted by Crippen LogP contribution is -2.42. The lowest BCUT2D eigenvalue weighted by Gasteiger charge is -2.39. The molecule has 0 aromatic heterocycles. The molecule has 1 unspecified atom stereocenters. The van der Waals surface area contributed by atoms with Crippen LogP contribution in [0.5, 0.6) is 0 Å². The largest absolute Gasteiger partial charge is 0.408 e. The molecule has 0 heterocycles. The smallest absolute Gasteiger partial charge is 0.193 e. The second-order valence-electron chi connectivity index (χ2n) is 6.46. The van der Waals surface area contributed by atoms with Crippen molar-refractivity contribution >= 4 is 8.32 Å². The number of hydrogen-bond donors (Lipinski definition) is 1. The summed E-state index contributed by atoms with van der Waals surface area (Å²) in [5, 5.41) is 9.73. The van der Waals surface area contributed by atoms with E-state index in [1.54, 1.807) is 0 Å². The summed E-state index contributed by atoms with van der Waals surface area (Å²) in [6.45, 7) is 13.2. The minimum atomic E-state index is -1.85. The molecule has 1 aromatic rings. The Morgan fingerprint density at radius 3 is 2.06 bits per heavy atom. The van der Waals surface area contributed by atoms with Gasteiger partial charge in [-0.1, -0.05) is 50.6 Å². The van der Waals surface area contributed by atoms with E-state index >= 15 is 0 Å². The van der Waals surface area contributed by atoms with Crippen LogP contribution in [0.4, 0.5) is 0 Å². The zero-order chi connectivity index (χ0) is 14.0. The van der Waals surface area contributed by atoms with Crippen molar-refractivity contribution in [3.05, 3.63) is 35.4 Å². The van der Waals surface area contributed by atoms with Crippen LogP contribution in [-0.2, 0) is 4.43 Å². The van der Waals surface area contributed by atoms with E-state index in [0.717, 1.165) is 5.56 Å². The van der Waals surface area contributed by atoms with Crippen LogP contribution in [0.3, 0.4) is 0 Å². The van der Waals surface area contributed by atoms with Crippen LogP contribution in [0.1, 0.15) is 38.0 Å². The van der Waals surface area contributed by atoms with E-state index in [1.165, 1.54) is 5.56 Å². The summed E-state index contributed by atoms with van der Waals surface area (Å²) in [6, 6.07) is 8.21.